The lowest BCUT2D eigenvalue weighted by Gasteiger charge is -2.58. The number of halogens is 10. The van der Waals surface area contributed by atoms with Gasteiger partial charge in [0.05, 0.1) is 0 Å². The van der Waals surface area contributed by atoms with Crippen molar-refractivity contribution in [3.8, 4) is 0 Å². The Labute approximate surface area is 485 Å². The molecule has 0 aromatic carbocycles. The van der Waals surface area contributed by atoms with Crippen LogP contribution in [0.1, 0.15) is 184 Å². The Hall–Kier alpha value is -3.39. The van der Waals surface area contributed by atoms with Gasteiger partial charge in [-0.2, -0.15) is 60.7 Å². The zero-order chi connectivity index (χ0) is 63.1. The molecule has 8 rings (SSSR count). The molecular weight excluding hydrogens is 1170 g/mol. The smallest absolute Gasteiger partial charge is 0.445 e. The van der Waals surface area contributed by atoms with Gasteiger partial charge in [0, 0.05) is 49.9 Å². The monoisotopic (exact) mass is 1260 g/mol. The van der Waals surface area contributed by atoms with Gasteiger partial charge >= 0.3 is 55.2 Å². The lowest BCUT2D eigenvalue weighted by Crippen LogP contribution is -2.60. The maximum Gasteiger partial charge on any atom is 0.509 e. The quantitative estimate of drug-likeness (QED) is 0.0635. The van der Waals surface area contributed by atoms with Gasteiger partial charge in [0.2, 0.25) is 0 Å². The second-order valence-electron chi connectivity index (χ2n) is 27.5. The molecule has 7 saturated carbocycles. The van der Waals surface area contributed by atoms with Gasteiger partial charge in [0.15, 0.2) is 0 Å². The van der Waals surface area contributed by atoms with Gasteiger partial charge in [-0.05, 0) is 152 Å². The highest BCUT2D eigenvalue weighted by atomic mass is 32.2. The van der Waals surface area contributed by atoms with Gasteiger partial charge in [0.1, 0.15) is 23.5 Å². The van der Waals surface area contributed by atoms with Crippen LogP contribution < -0.4 is 0 Å². The number of alkyl halides is 10. The van der Waals surface area contributed by atoms with Gasteiger partial charge in [-0.25, -0.2) is 4.79 Å². The first-order valence-corrected chi connectivity index (χ1v) is 32.4. The second-order valence-corrected chi connectivity index (χ2v) is 30.5. The minimum Gasteiger partial charge on any atom is -0.445 e. The van der Waals surface area contributed by atoms with Crippen molar-refractivity contribution in [2.45, 2.75) is 225 Å². The van der Waals surface area contributed by atoms with Crippen LogP contribution in [-0.2, 0) is 53.6 Å². The summed E-state index contributed by atoms with van der Waals surface area (Å²) in [4.78, 5) is 63.7. The standard InChI is InChI=1S/C31H47F5O6S.C27H35F5O8S/c1-18(2)7-6-8-19(3)23-11-12-24-22-10-9-20-17-21(13-15-28(20,4)25(22)14-16-29(23,24)5)41-27(37)42-26(30(32,33)34)31(35,36)43(38,39)40;1-13(4-7-21(36)40-23(26(28,29)30)27(31,32)41(37,38)39)16-5-6-17-22-18(12-20(35)25(16,17)3)24(2)9-8-15(33)10-14(24)11-19(22)34/h9,18-19,21-26H,6-8,10-17H2,1-5H3,(H,38,39,40);13-14,16-18,22-23H,4-12H2,1-3H3,(H,37,38,39)/t19-,21+,22+,23-,24+,25+,26?,28+,29-;13-,14+,16-,17+,18+,22+,23?,24+,25-/m11/s1. The van der Waals surface area contributed by atoms with Gasteiger partial charge in [-0.15, -0.1) is 0 Å². The first-order chi connectivity index (χ1) is 38.4. The molecule has 0 bridgehead atoms. The molecule has 2 unspecified atom stereocenters. The Morgan fingerprint density at radius 3 is 1.80 bits per heavy atom. The average molecular weight is 1260 g/mol. The largest absolute Gasteiger partial charge is 0.509 e. The number of Topliss-reactive ketones (excluding diaryl/α,β-unsaturated/α-hetero) is 3. The highest BCUT2D eigenvalue weighted by molar-refractivity contribution is 7.87. The molecule has 0 aromatic rings. The zero-order valence-corrected chi connectivity index (χ0v) is 50.4. The molecule has 14 nitrogen and oxygen atoms in total. The summed E-state index contributed by atoms with van der Waals surface area (Å²) >= 11 is 0. The molecule has 7 fully saturated rings. The summed E-state index contributed by atoms with van der Waals surface area (Å²) < 4.78 is 207. The summed E-state index contributed by atoms with van der Waals surface area (Å²) in [5.41, 5.74) is -0.0186. The Morgan fingerprint density at radius 1 is 0.643 bits per heavy atom. The predicted octanol–water partition coefficient (Wildman–Crippen LogP) is 13.9. The fourth-order valence-corrected chi connectivity index (χ4v) is 19.0. The number of esters is 1. The van der Waals surface area contributed by atoms with E-state index in [4.69, 9.17) is 13.8 Å². The minimum atomic E-state index is -6.54. The van der Waals surface area contributed by atoms with Crippen LogP contribution in [-0.4, -0.2) is 96.6 Å². The van der Waals surface area contributed by atoms with E-state index in [1.807, 2.05) is 0 Å². The Balaban J connectivity index is 0.000000241. The fraction of sp³-hybridized carbons (Fsp3) is 0.879. The van der Waals surface area contributed by atoms with Gasteiger partial charge < -0.3 is 14.2 Å². The molecule has 0 aliphatic heterocycles. The molecule has 26 heteroatoms. The van der Waals surface area contributed by atoms with E-state index >= 15 is 0 Å². The van der Waals surface area contributed by atoms with Gasteiger partial charge in [-0.3, -0.25) is 28.3 Å². The fourth-order valence-electron chi connectivity index (χ4n) is 18.1. The van der Waals surface area contributed by atoms with Crippen molar-refractivity contribution in [2.24, 2.45) is 92.7 Å². The number of carbonyl (C=O) groups excluding carboxylic acids is 5. The summed E-state index contributed by atoms with van der Waals surface area (Å²) in [5.74, 6) is 0.475. The summed E-state index contributed by atoms with van der Waals surface area (Å²) in [7, 11) is -13.1. The maximum absolute atomic E-state index is 13.8. The van der Waals surface area contributed by atoms with E-state index in [1.165, 1.54) is 32.1 Å². The zero-order valence-electron chi connectivity index (χ0n) is 48.8. The van der Waals surface area contributed by atoms with E-state index in [9.17, 15) is 84.7 Å². The molecule has 0 saturated heterocycles. The summed E-state index contributed by atoms with van der Waals surface area (Å²) in [6.45, 7) is 17.2. The molecule has 0 heterocycles. The van der Waals surface area contributed by atoms with E-state index in [-0.39, 0.29) is 83.5 Å². The lowest BCUT2D eigenvalue weighted by atomic mass is 9.44. The molecule has 480 valence electrons. The van der Waals surface area contributed by atoms with Crippen LogP contribution in [0.3, 0.4) is 0 Å². The minimum absolute atomic E-state index is 0.0304. The van der Waals surface area contributed by atoms with Crippen molar-refractivity contribution in [3.05, 3.63) is 11.6 Å². The summed E-state index contributed by atoms with van der Waals surface area (Å²) in [5, 5.41) is -11.6. The van der Waals surface area contributed by atoms with Crippen molar-refractivity contribution in [2.75, 3.05) is 0 Å². The number of fused-ring (bicyclic) bond motifs is 10. The molecule has 0 radical (unpaired) electrons. The molecule has 8 aliphatic carbocycles. The van der Waals surface area contributed by atoms with Crippen molar-refractivity contribution >= 4 is 49.7 Å². The second kappa shape index (κ2) is 23.9. The van der Waals surface area contributed by atoms with E-state index in [0.29, 0.717) is 80.0 Å². The van der Waals surface area contributed by atoms with E-state index in [1.54, 1.807) is 13.8 Å². The molecular formula is C58H82F10O14S2. The van der Waals surface area contributed by atoms with E-state index < -0.39 is 91.3 Å². The summed E-state index contributed by atoms with van der Waals surface area (Å²) in [6, 6.07) is 0. The number of rotatable bonds is 16. The highest BCUT2D eigenvalue weighted by Crippen LogP contribution is 2.69. The number of ketones is 3. The van der Waals surface area contributed by atoms with Gasteiger partial charge in [0.25, 0.3) is 12.2 Å². The van der Waals surface area contributed by atoms with Gasteiger partial charge in [-0.1, -0.05) is 86.3 Å². The van der Waals surface area contributed by atoms with Crippen LogP contribution in [0.15, 0.2) is 11.6 Å². The molecule has 0 amide bonds. The van der Waals surface area contributed by atoms with Crippen molar-refractivity contribution in [1.29, 1.82) is 0 Å². The predicted molar refractivity (Wildman–Crippen MR) is 283 cm³/mol. The number of hydrogen-bond donors (Lipinski definition) is 2. The Morgan fingerprint density at radius 2 is 1.21 bits per heavy atom. The van der Waals surface area contributed by atoms with E-state index in [2.05, 4.69) is 57.1 Å². The third kappa shape index (κ3) is 12.8. The topological polar surface area (TPSA) is 222 Å². The molecule has 0 aromatic heterocycles. The average Bonchev–Trinajstić information content (AvgIpc) is 1.38. The molecule has 0 spiro atoms. The maximum atomic E-state index is 13.8. The van der Waals surface area contributed by atoms with Crippen LogP contribution in [0.2, 0.25) is 0 Å². The van der Waals surface area contributed by atoms with Crippen LogP contribution in [0.25, 0.3) is 0 Å². The number of hydrogen-bond acceptors (Lipinski definition) is 12. The van der Waals surface area contributed by atoms with Crippen LogP contribution in [0.4, 0.5) is 48.7 Å². The van der Waals surface area contributed by atoms with Crippen molar-refractivity contribution in [3.63, 3.8) is 0 Å². The Kier molecular flexibility index (Phi) is 19.3. The lowest BCUT2D eigenvalue weighted by molar-refractivity contribution is -0.259. The number of allylic oxidation sites excluding steroid dienone is 1. The SMILES string of the molecule is CC(C)CCC[C@@H](C)[C@H]1CC[C@H]2[C@@H]3CC=C4C[C@@H](OC(=O)OC(C(F)(F)F)C(F)(F)S(=O)(=O)O)CC[C@]4(C)[C@H]3CC[C@]12C.C[C@H](CCC(=O)OC(C(F)(F)F)C(F)(F)S(=O)(=O)O)[C@H]1CC[C@H]2[C@@H]3C(=O)C[C@@H]4CC(=O)CC[C@]4(C)[C@H]3CC(=O)[C@]12C. The van der Waals surface area contributed by atoms with Crippen LogP contribution >= 0.6 is 0 Å². The third-order valence-electron chi connectivity index (χ3n) is 22.6. The molecule has 84 heavy (non-hydrogen) atoms. The van der Waals surface area contributed by atoms with Crippen molar-refractivity contribution in [1.82, 2.24) is 0 Å². The normalized spacial score (nSPS) is 36.9. The van der Waals surface area contributed by atoms with Crippen LogP contribution in [0, 0.1) is 92.7 Å². The Bertz CT molecular complexity index is 2770. The first kappa shape index (κ1) is 68.1. The van der Waals surface area contributed by atoms with Crippen molar-refractivity contribution < 1.29 is 108 Å². The molecule has 8 aliphatic rings. The highest BCUT2D eigenvalue weighted by Gasteiger charge is 2.69. The van der Waals surface area contributed by atoms with E-state index in [0.717, 1.165) is 30.8 Å². The number of carbonyl (C=O) groups is 5. The summed E-state index contributed by atoms with van der Waals surface area (Å²) in [6.07, 6.45) is -8.89. The molecule has 2 N–H and O–H groups in total. The third-order valence-corrected chi connectivity index (χ3v) is 24.4. The number of ether oxygens (including phenoxy) is 3. The first-order valence-electron chi connectivity index (χ1n) is 29.5. The van der Waals surface area contributed by atoms with Crippen LogP contribution in [0.5, 0.6) is 0 Å². The molecule has 18 atom stereocenters.